The molecule has 0 spiro atoms. The van der Waals surface area contributed by atoms with Crippen LogP contribution in [0.4, 0.5) is 0 Å². The standard InChI is InChI=1S/C31H46O7/c1-31(21-34-22-31)20-33-16-4-2-3-5-17-35-25-9-7-24(8-10-25)30(32)37-27-13-11-26(12-14-27)36-19-23-6-15-28-29(18-23)38-28/h7-10,23,26-29H,2-6,11-22H2,1H3. The van der Waals surface area contributed by atoms with Crippen LogP contribution in [0.2, 0.25) is 0 Å². The van der Waals surface area contributed by atoms with E-state index in [-0.39, 0.29) is 17.5 Å². The molecule has 1 aromatic carbocycles. The smallest absolute Gasteiger partial charge is 0.338 e. The van der Waals surface area contributed by atoms with E-state index in [1.165, 1.54) is 12.8 Å². The Kier molecular flexibility index (Phi) is 9.98. The molecular weight excluding hydrogens is 484 g/mol. The highest BCUT2D eigenvalue weighted by atomic mass is 16.6. The zero-order valence-electron chi connectivity index (χ0n) is 23.1. The topological polar surface area (TPSA) is 75.8 Å². The Morgan fingerprint density at radius 3 is 2.34 bits per heavy atom. The number of ether oxygens (including phenoxy) is 6. The average Bonchev–Trinajstić information content (AvgIpc) is 3.70. The Morgan fingerprint density at radius 2 is 1.63 bits per heavy atom. The first-order valence-electron chi connectivity index (χ1n) is 14.9. The summed E-state index contributed by atoms with van der Waals surface area (Å²) in [6.07, 6.45) is 12.9. The number of hydrogen-bond donors (Lipinski definition) is 0. The average molecular weight is 531 g/mol. The van der Waals surface area contributed by atoms with Crippen molar-refractivity contribution in [1.82, 2.24) is 0 Å². The van der Waals surface area contributed by atoms with Crippen molar-refractivity contribution < 1.29 is 33.2 Å². The van der Waals surface area contributed by atoms with Gasteiger partial charge in [0.05, 0.1) is 50.3 Å². The lowest BCUT2D eigenvalue weighted by Gasteiger charge is -2.37. The van der Waals surface area contributed by atoms with Gasteiger partial charge in [-0.1, -0.05) is 13.3 Å². The summed E-state index contributed by atoms with van der Waals surface area (Å²) in [5, 5.41) is 0. The van der Waals surface area contributed by atoms with Crippen LogP contribution in [-0.2, 0) is 23.7 Å². The molecule has 2 heterocycles. The van der Waals surface area contributed by atoms with Gasteiger partial charge in [0.2, 0.25) is 0 Å². The van der Waals surface area contributed by atoms with E-state index in [2.05, 4.69) is 6.92 Å². The number of rotatable bonds is 15. The molecule has 4 fully saturated rings. The number of carbonyl (C=O) groups is 1. The Balaban J connectivity index is 0.885. The van der Waals surface area contributed by atoms with E-state index in [1.54, 1.807) is 12.1 Å². The predicted molar refractivity (Wildman–Crippen MR) is 144 cm³/mol. The van der Waals surface area contributed by atoms with Gasteiger partial charge in [0, 0.05) is 18.6 Å². The normalized spacial score (nSPS) is 29.7. The third-order valence-electron chi connectivity index (χ3n) is 8.47. The maximum absolute atomic E-state index is 12.6. The predicted octanol–water partition coefficient (Wildman–Crippen LogP) is 5.73. The SMILES string of the molecule is CC1(COCCCCCCOc2ccc(C(=O)OC3CCC(OCC4CCC5OC5C4)CC3)cc2)COC1. The summed E-state index contributed by atoms with van der Waals surface area (Å²) in [7, 11) is 0. The lowest BCUT2D eigenvalue weighted by Crippen LogP contribution is -2.43. The molecule has 2 saturated carbocycles. The van der Waals surface area contributed by atoms with Crippen molar-refractivity contribution >= 4 is 5.97 Å². The molecule has 0 bridgehead atoms. The van der Waals surface area contributed by atoms with Crippen LogP contribution in [0.3, 0.4) is 0 Å². The molecule has 7 heteroatoms. The minimum absolute atomic E-state index is 0.0192. The molecule has 2 aliphatic heterocycles. The van der Waals surface area contributed by atoms with Crippen LogP contribution >= 0.6 is 0 Å². The van der Waals surface area contributed by atoms with Crippen molar-refractivity contribution in [3.63, 3.8) is 0 Å². The molecule has 38 heavy (non-hydrogen) atoms. The number of esters is 1. The van der Waals surface area contributed by atoms with Crippen LogP contribution in [0.5, 0.6) is 5.75 Å². The maximum atomic E-state index is 12.6. The van der Waals surface area contributed by atoms with E-state index in [9.17, 15) is 4.79 Å². The van der Waals surface area contributed by atoms with Gasteiger partial charge in [-0.2, -0.15) is 0 Å². The lowest BCUT2D eigenvalue weighted by atomic mass is 9.89. The lowest BCUT2D eigenvalue weighted by molar-refractivity contribution is -0.137. The summed E-state index contributed by atoms with van der Waals surface area (Å²) in [5.74, 6) is 1.19. The molecule has 0 radical (unpaired) electrons. The molecule has 0 aromatic heterocycles. The molecule has 2 aliphatic carbocycles. The molecule has 1 aromatic rings. The molecule has 3 atom stereocenters. The third-order valence-corrected chi connectivity index (χ3v) is 8.47. The second-order valence-corrected chi connectivity index (χ2v) is 12.2. The molecule has 212 valence electrons. The number of carbonyl (C=O) groups excluding carboxylic acids is 1. The fraction of sp³-hybridized carbons (Fsp3) is 0.774. The number of fused-ring (bicyclic) bond motifs is 1. The monoisotopic (exact) mass is 530 g/mol. The van der Waals surface area contributed by atoms with Crippen LogP contribution in [-0.4, -0.2) is 70.0 Å². The molecule has 0 N–H and O–H groups in total. The molecule has 5 rings (SSSR count). The van der Waals surface area contributed by atoms with Crippen LogP contribution in [0.1, 0.15) is 87.9 Å². The van der Waals surface area contributed by atoms with Crippen molar-refractivity contribution in [3.8, 4) is 5.75 Å². The first-order valence-corrected chi connectivity index (χ1v) is 14.9. The summed E-state index contributed by atoms with van der Waals surface area (Å²) < 4.78 is 34.5. The quantitative estimate of drug-likeness (QED) is 0.163. The van der Waals surface area contributed by atoms with E-state index in [4.69, 9.17) is 28.4 Å². The first kappa shape index (κ1) is 27.9. The third kappa shape index (κ3) is 8.41. The highest BCUT2D eigenvalue weighted by Gasteiger charge is 2.44. The second kappa shape index (κ2) is 13.6. The van der Waals surface area contributed by atoms with Gasteiger partial charge in [-0.05, 0) is 94.4 Å². The van der Waals surface area contributed by atoms with Crippen molar-refractivity contribution in [2.75, 3.05) is 39.6 Å². The van der Waals surface area contributed by atoms with Crippen LogP contribution in [0, 0.1) is 11.3 Å². The zero-order valence-corrected chi connectivity index (χ0v) is 23.1. The fourth-order valence-corrected chi connectivity index (χ4v) is 5.84. The van der Waals surface area contributed by atoms with Gasteiger partial charge in [0.25, 0.3) is 0 Å². The summed E-state index contributed by atoms with van der Waals surface area (Å²) in [6.45, 7) is 7.00. The molecule has 7 nitrogen and oxygen atoms in total. The molecule has 0 amide bonds. The summed E-state index contributed by atoms with van der Waals surface area (Å²) in [5.41, 5.74) is 0.815. The van der Waals surface area contributed by atoms with Crippen LogP contribution < -0.4 is 4.74 Å². The zero-order chi connectivity index (χ0) is 26.2. The van der Waals surface area contributed by atoms with Gasteiger partial charge in [-0.25, -0.2) is 4.79 Å². The second-order valence-electron chi connectivity index (χ2n) is 12.2. The van der Waals surface area contributed by atoms with E-state index in [1.807, 2.05) is 12.1 Å². The Morgan fingerprint density at radius 1 is 0.895 bits per heavy atom. The largest absolute Gasteiger partial charge is 0.494 e. The maximum Gasteiger partial charge on any atom is 0.338 e. The highest BCUT2D eigenvalue weighted by Crippen LogP contribution is 2.39. The van der Waals surface area contributed by atoms with Gasteiger partial charge in [-0.3, -0.25) is 0 Å². The first-order chi connectivity index (χ1) is 18.6. The van der Waals surface area contributed by atoms with Crippen molar-refractivity contribution in [2.45, 2.75) is 102 Å². The van der Waals surface area contributed by atoms with E-state index in [0.29, 0.717) is 36.4 Å². The summed E-state index contributed by atoms with van der Waals surface area (Å²) in [4.78, 5) is 12.6. The highest BCUT2D eigenvalue weighted by molar-refractivity contribution is 5.89. The molecule has 3 unspecified atom stereocenters. The van der Waals surface area contributed by atoms with Gasteiger partial charge < -0.3 is 28.4 Å². The van der Waals surface area contributed by atoms with Gasteiger partial charge in [0.1, 0.15) is 11.9 Å². The number of benzene rings is 1. The fourth-order valence-electron chi connectivity index (χ4n) is 5.84. The van der Waals surface area contributed by atoms with Gasteiger partial charge in [-0.15, -0.1) is 0 Å². The molecule has 2 saturated heterocycles. The molecular formula is C31H46O7. The van der Waals surface area contributed by atoms with Crippen molar-refractivity contribution in [3.05, 3.63) is 29.8 Å². The van der Waals surface area contributed by atoms with Crippen LogP contribution in [0.25, 0.3) is 0 Å². The Bertz CT molecular complexity index is 859. The minimum atomic E-state index is -0.247. The number of hydrogen-bond acceptors (Lipinski definition) is 7. The van der Waals surface area contributed by atoms with E-state index < -0.39 is 0 Å². The molecule has 4 aliphatic rings. The van der Waals surface area contributed by atoms with Crippen molar-refractivity contribution in [2.24, 2.45) is 11.3 Å². The Labute approximate surface area is 227 Å². The Hall–Kier alpha value is -1.67. The van der Waals surface area contributed by atoms with Gasteiger partial charge >= 0.3 is 5.97 Å². The van der Waals surface area contributed by atoms with Crippen LogP contribution in [0.15, 0.2) is 24.3 Å². The summed E-state index contributed by atoms with van der Waals surface area (Å²) in [6, 6.07) is 7.32. The van der Waals surface area contributed by atoms with Gasteiger partial charge in [0.15, 0.2) is 0 Å². The number of unbranched alkanes of at least 4 members (excludes halogenated alkanes) is 3. The number of epoxide rings is 1. The van der Waals surface area contributed by atoms with E-state index >= 15 is 0 Å². The minimum Gasteiger partial charge on any atom is -0.494 e. The summed E-state index contributed by atoms with van der Waals surface area (Å²) >= 11 is 0. The van der Waals surface area contributed by atoms with Crippen molar-refractivity contribution in [1.29, 1.82) is 0 Å². The van der Waals surface area contributed by atoms with E-state index in [0.717, 1.165) is 96.6 Å².